The lowest BCUT2D eigenvalue weighted by atomic mass is 9.74. The average molecular weight is 1560 g/mol. The van der Waals surface area contributed by atoms with Gasteiger partial charge in [-0.05, 0) is 94.5 Å². The molecular weight excluding hydrogens is 1450 g/mol. The Morgan fingerprint density at radius 1 is 0.181 bits per heavy atom. The number of imide groups is 4. The van der Waals surface area contributed by atoms with Crippen LogP contribution >= 0.6 is 0 Å². The lowest BCUT2D eigenvalue weighted by Crippen LogP contribution is -2.20. The standard InChI is InChI=1S/C96H108N12O8/c1-5-9-13-17-21-25-29-33-37-41-53-57-45-59-54(42-38-34-30-26-22-18-14-10-6-2)61-47-63-56(44-40-36-32-28-24-20-16-12-8-4)64-48-62-55(43-39-35-31-27-23-19-15-11-7-3)60-46-58(53)66-50-68(60)76-78(102-86-84(100-76)92(112)107-94(86)114)70(62)52-72(64)80-79(103-87-88(104-80)96(116)108-95(87)115)71(63)51-69(61)77-75(99-83-85(101-77)93(113)106-91(83)111)67(59)49-65(57)73-74(66)98-82-81(97-73)89(109)105-90(82)110/h45-56H,5-44H2,1-4H3,(H,105,109,110)(H,106,111,113)(H,107,112,114)(H,108,115,116). The summed E-state index contributed by atoms with van der Waals surface area (Å²) >= 11 is 0. The van der Waals surface area contributed by atoms with E-state index < -0.39 is 47.3 Å². The number of carbonyl (C=O) groups is 8. The summed E-state index contributed by atoms with van der Waals surface area (Å²) in [6.07, 6.45) is 42.6. The highest BCUT2D eigenvalue weighted by atomic mass is 16.2. The van der Waals surface area contributed by atoms with Crippen molar-refractivity contribution in [1.82, 2.24) is 61.1 Å². The van der Waals surface area contributed by atoms with Crippen LogP contribution in [-0.4, -0.2) is 87.1 Å². The van der Waals surface area contributed by atoms with Gasteiger partial charge in [0.1, 0.15) is 0 Å². The second-order valence-corrected chi connectivity index (χ2v) is 34.4. The molecule has 17 rings (SSSR count). The van der Waals surface area contributed by atoms with Gasteiger partial charge in [-0.1, -0.05) is 283 Å². The molecule has 4 aromatic heterocycles. The fourth-order valence-electron chi connectivity index (χ4n) is 20.4. The van der Waals surface area contributed by atoms with Crippen LogP contribution in [-0.2, 0) is 0 Å². The quantitative estimate of drug-likeness (QED) is 0.0205. The number of fused-ring (bicyclic) bond motifs is 16. The van der Waals surface area contributed by atoms with Crippen LogP contribution in [0.15, 0.2) is 48.5 Å². The third-order valence-electron chi connectivity index (χ3n) is 26.5. The van der Waals surface area contributed by atoms with Crippen LogP contribution in [0.25, 0.3) is 90.1 Å². The lowest BCUT2D eigenvalue weighted by molar-refractivity contribution is 0.0860. The van der Waals surface area contributed by atoms with Crippen LogP contribution in [0.4, 0.5) is 0 Å². The first-order chi connectivity index (χ1) is 56.7. The molecule has 0 saturated heterocycles. The molecule has 600 valence electrons. The van der Waals surface area contributed by atoms with Crippen LogP contribution in [0.3, 0.4) is 0 Å². The Balaban J connectivity index is 0.988. The number of unbranched alkanes of at least 4 members (excludes halogenated alkanes) is 32. The molecule has 0 unspecified atom stereocenters. The molecule has 0 spiro atoms. The van der Waals surface area contributed by atoms with Crippen molar-refractivity contribution in [3.8, 4) is 90.1 Å². The van der Waals surface area contributed by atoms with E-state index in [2.05, 4.69) is 97.5 Å². The predicted octanol–water partition coefficient (Wildman–Crippen LogP) is 21.5. The molecule has 5 aliphatic carbocycles. The van der Waals surface area contributed by atoms with E-state index in [0.29, 0.717) is 116 Å². The number of carbonyl (C=O) groups excluding carboxylic acids is 8. The fraction of sp³-hybridized carbons (Fsp3) is 0.500. The zero-order valence-corrected chi connectivity index (χ0v) is 68.1. The van der Waals surface area contributed by atoms with E-state index in [0.717, 1.165) is 173 Å². The van der Waals surface area contributed by atoms with Crippen molar-refractivity contribution in [3.05, 3.63) is 139 Å². The van der Waals surface area contributed by atoms with E-state index in [-0.39, 0.29) is 69.2 Å². The molecule has 8 heterocycles. The van der Waals surface area contributed by atoms with Gasteiger partial charge < -0.3 is 0 Å². The number of amides is 8. The summed E-state index contributed by atoms with van der Waals surface area (Å²) in [5.74, 6) is -6.92. The number of nitrogens with zero attached hydrogens (tertiary/aromatic N) is 8. The molecular formula is C96H108N12O8. The van der Waals surface area contributed by atoms with Crippen LogP contribution in [0.5, 0.6) is 0 Å². The molecule has 8 amide bonds. The van der Waals surface area contributed by atoms with E-state index in [4.69, 9.17) is 39.9 Å². The van der Waals surface area contributed by atoms with Gasteiger partial charge in [-0.2, -0.15) is 0 Å². The van der Waals surface area contributed by atoms with Gasteiger partial charge >= 0.3 is 0 Å². The van der Waals surface area contributed by atoms with Gasteiger partial charge in [0.15, 0.2) is 45.6 Å². The topological polar surface area (TPSA) is 288 Å². The van der Waals surface area contributed by atoms with Gasteiger partial charge in [0.25, 0.3) is 47.3 Å². The van der Waals surface area contributed by atoms with Crippen LogP contribution < -0.4 is 21.3 Å². The van der Waals surface area contributed by atoms with E-state index in [1.54, 1.807) is 0 Å². The van der Waals surface area contributed by atoms with Gasteiger partial charge in [0, 0.05) is 68.2 Å². The van der Waals surface area contributed by atoms with Crippen LogP contribution in [0.2, 0.25) is 0 Å². The second kappa shape index (κ2) is 34.1. The van der Waals surface area contributed by atoms with Crippen molar-refractivity contribution < 1.29 is 38.4 Å². The van der Waals surface area contributed by atoms with Crippen molar-refractivity contribution in [1.29, 1.82) is 0 Å². The molecule has 0 fully saturated rings. The zero-order chi connectivity index (χ0) is 79.8. The summed E-state index contributed by atoms with van der Waals surface area (Å²) in [6.45, 7) is 9.00. The number of aromatic nitrogens is 8. The van der Waals surface area contributed by atoms with Gasteiger partial charge in [-0.15, -0.1) is 0 Å². The third-order valence-corrected chi connectivity index (χ3v) is 26.5. The minimum atomic E-state index is -0.673. The number of hydrogen-bond acceptors (Lipinski definition) is 16. The largest absolute Gasteiger partial charge is 0.285 e. The Morgan fingerprint density at radius 2 is 0.310 bits per heavy atom. The molecule has 116 heavy (non-hydrogen) atoms. The summed E-state index contributed by atoms with van der Waals surface area (Å²) in [7, 11) is 0. The Kier molecular flexibility index (Phi) is 23.0. The molecule has 0 atom stereocenters. The number of rotatable bonds is 40. The first kappa shape index (κ1) is 78.3. The molecule has 4 aliphatic heterocycles. The van der Waals surface area contributed by atoms with Crippen molar-refractivity contribution in [2.45, 2.75) is 308 Å². The van der Waals surface area contributed by atoms with Crippen LogP contribution in [0, 0.1) is 0 Å². The highest BCUT2D eigenvalue weighted by Gasteiger charge is 2.46. The summed E-state index contributed by atoms with van der Waals surface area (Å²) in [5, 5.41) is 10.1. The minimum Gasteiger partial charge on any atom is -0.285 e. The maximum Gasteiger partial charge on any atom is 0.279 e. The van der Waals surface area contributed by atoms with Gasteiger partial charge in [0.05, 0.1) is 45.6 Å². The van der Waals surface area contributed by atoms with E-state index >= 15 is 0 Å². The van der Waals surface area contributed by atoms with Gasteiger partial charge in [0.2, 0.25) is 0 Å². The smallest absolute Gasteiger partial charge is 0.279 e. The summed E-state index contributed by atoms with van der Waals surface area (Å²) in [5.41, 5.74) is 14.8. The fourth-order valence-corrected chi connectivity index (χ4v) is 20.4. The molecule has 20 heteroatoms. The molecule has 9 aliphatic rings. The Labute approximate surface area is 679 Å². The number of hydrogen-bond donors (Lipinski definition) is 4. The SMILES string of the molecule is CCCCCCCCCCCC1c2cc3c4cc2-c2nc5c(nc2-c2cc6c(cc21)C(CCCCCCCCCCC)c1cc2c(cc1-c1nc7c(nc1-6)C(=O)NC7=O)-c1nc6c(nc1-c1cc(c(cc1C2CCCCCCCCCCC)C3CCCCCCCCCCC)-c1nc2c(nc1-4)C(=O)NC2=O)C(=O)NC6=O)C(=O)NC5=O. The Bertz CT molecular complexity index is 4440. The highest BCUT2D eigenvalue weighted by Crippen LogP contribution is 2.60. The molecule has 4 aromatic carbocycles. The first-order valence-corrected chi connectivity index (χ1v) is 44.6. The Hall–Kier alpha value is -10.2. The summed E-state index contributed by atoms with van der Waals surface area (Å²) in [6, 6.07) is 18.0. The molecule has 20 nitrogen and oxygen atoms in total. The number of nitrogens with one attached hydrogen (secondary N) is 4. The summed E-state index contributed by atoms with van der Waals surface area (Å²) < 4.78 is 0. The van der Waals surface area contributed by atoms with Crippen LogP contribution in [0.1, 0.15) is 437 Å². The minimum absolute atomic E-state index is 0.113. The maximum absolute atomic E-state index is 14.4. The average Bonchev–Trinajstić information content (AvgIpc) is 1.54. The van der Waals surface area contributed by atoms with E-state index in [1.807, 2.05) is 0 Å². The molecule has 4 N–H and O–H groups in total. The van der Waals surface area contributed by atoms with Crippen molar-refractivity contribution >= 4 is 47.3 Å². The Morgan fingerprint density at radius 3 is 0.448 bits per heavy atom. The predicted molar refractivity (Wildman–Crippen MR) is 448 cm³/mol. The van der Waals surface area contributed by atoms with Gasteiger partial charge in [-0.3, -0.25) is 59.6 Å². The first-order valence-electron chi connectivity index (χ1n) is 44.6. The zero-order valence-electron chi connectivity index (χ0n) is 68.1. The molecule has 0 saturated carbocycles. The molecule has 0 radical (unpaired) electrons. The van der Waals surface area contributed by atoms with Gasteiger partial charge in [-0.25, -0.2) is 39.9 Å². The van der Waals surface area contributed by atoms with Crippen molar-refractivity contribution in [2.75, 3.05) is 0 Å². The van der Waals surface area contributed by atoms with Crippen molar-refractivity contribution in [2.24, 2.45) is 0 Å². The third kappa shape index (κ3) is 14.6. The monoisotopic (exact) mass is 1560 g/mol. The maximum atomic E-state index is 14.4. The summed E-state index contributed by atoms with van der Waals surface area (Å²) in [4.78, 5) is 158. The second-order valence-electron chi connectivity index (χ2n) is 34.4. The van der Waals surface area contributed by atoms with Crippen molar-refractivity contribution in [3.63, 3.8) is 0 Å². The lowest BCUT2D eigenvalue weighted by Gasteiger charge is -2.29. The molecule has 8 aromatic rings. The normalized spacial score (nSPS) is 17.2. The van der Waals surface area contributed by atoms with E-state index in [9.17, 15) is 38.4 Å². The molecule has 8 bridgehead atoms. The number of benzene rings is 4. The highest BCUT2D eigenvalue weighted by molar-refractivity contribution is 6.23. The van der Waals surface area contributed by atoms with E-state index in [1.165, 1.54) is 103 Å².